The molecule has 2 aromatic rings. The summed E-state index contributed by atoms with van der Waals surface area (Å²) in [5.41, 5.74) is 1.26. The largest absolute Gasteiger partial charge is 0.485 e. The van der Waals surface area contributed by atoms with E-state index in [2.05, 4.69) is 55.6 Å². The second-order valence-corrected chi connectivity index (χ2v) is 6.01. The first kappa shape index (κ1) is 14.1. The smallest absolute Gasteiger partial charge is 0.134 e. The molecule has 19 heavy (non-hydrogen) atoms. The molecule has 0 bridgehead atoms. The van der Waals surface area contributed by atoms with Crippen LogP contribution < -0.4 is 4.74 Å². The Morgan fingerprint density at radius 2 is 1.89 bits per heavy atom. The quantitative estimate of drug-likeness (QED) is 0.786. The third kappa shape index (κ3) is 4.37. The Morgan fingerprint density at radius 1 is 1.16 bits per heavy atom. The van der Waals surface area contributed by atoms with Crippen LogP contribution >= 0.6 is 11.3 Å². The molecular weight excluding hydrogens is 254 g/mol. The van der Waals surface area contributed by atoms with Crippen molar-refractivity contribution in [3.63, 3.8) is 0 Å². The SMILES string of the molecule is Cc1ccc(OC(CCN(C)C)c2cccs2)cc1. The van der Waals surface area contributed by atoms with Crippen molar-refractivity contribution < 1.29 is 4.74 Å². The molecule has 3 heteroatoms. The number of hydrogen-bond donors (Lipinski definition) is 0. The summed E-state index contributed by atoms with van der Waals surface area (Å²) in [5.74, 6) is 0.947. The summed E-state index contributed by atoms with van der Waals surface area (Å²) >= 11 is 1.76. The van der Waals surface area contributed by atoms with Gasteiger partial charge in [0.05, 0.1) is 0 Å². The van der Waals surface area contributed by atoms with Crippen molar-refractivity contribution in [1.82, 2.24) is 4.90 Å². The number of nitrogens with zero attached hydrogens (tertiary/aromatic N) is 1. The predicted molar refractivity (Wildman–Crippen MR) is 82.0 cm³/mol. The first-order valence-electron chi connectivity index (χ1n) is 6.56. The van der Waals surface area contributed by atoms with E-state index in [1.54, 1.807) is 11.3 Å². The lowest BCUT2D eigenvalue weighted by molar-refractivity contribution is 0.183. The van der Waals surface area contributed by atoms with Gasteiger partial charge in [0.2, 0.25) is 0 Å². The molecule has 0 saturated carbocycles. The highest BCUT2D eigenvalue weighted by Gasteiger charge is 2.14. The topological polar surface area (TPSA) is 12.5 Å². The molecule has 0 N–H and O–H groups in total. The van der Waals surface area contributed by atoms with Gasteiger partial charge in [-0.3, -0.25) is 0 Å². The molecule has 0 aliphatic heterocycles. The van der Waals surface area contributed by atoms with Crippen LogP contribution in [0.25, 0.3) is 0 Å². The van der Waals surface area contributed by atoms with Crippen LogP contribution in [0.15, 0.2) is 41.8 Å². The Hall–Kier alpha value is -1.32. The van der Waals surface area contributed by atoms with E-state index in [0.717, 1.165) is 18.7 Å². The number of hydrogen-bond acceptors (Lipinski definition) is 3. The Labute approximate surface area is 119 Å². The second kappa shape index (κ2) is 6.73. The molecule has 0 aliphatic carbocycles. The van der Waals surface area contributed by atoms with Crippen LogP contribution in [-0.4, -0.2) is 25.5 Å². The summed E-state index contributed by atoms with van der Waals surface area (Å²) in [5, 5.41) is 2.11. The Balaban J connectivity index is 2.07. The molecule has 2 rings (SSSR count). The van der Waals surface area contributed by atoms with Gasteiger partial charge in [-0.15, -0.1) is 11.3 Å². The summed E-state index contributed by atoms with van der Waals surface area (Å²) in [6.07, 6.45) is 1.14. The number of ether oxygens (including phenoxy) is 1. The molecule has 102 valence electrons. The molecule has 0 aliphatic rings. The first-order chi connectivity index (χ1) is 9.15. The fourth-order valence-corrected chi connectivity index (χ4v) is 2.68. The van der Waals surface area contributed by atoms with Crippen LogP contribution in [0.1, 0.15) is 23.0 Å². The highest BCUT2D eigenvalue weighted by atomic mass is 32.1. The van der Waals surface area contributed by atoms with Crippen molar-refractivity contribution in [2.24, 2.45) is 0 Å². The molecule has 2 nitrogen and oxygen atoms in total. The van der Waals surface area contributed by atoms with Crippen molar-refractivity contribution in [3.8, 4) is 5.75 Å². The molecule has 0 spiro atoms. The van der Waals surface area contributed by atoms with Crippen LogP contribution in [0.4, 0.5) is 0 Å². The van der Waals surface area contributed by atoms with Gasteiger partial charge >= 0.3 is 0 Å². The van der Waals surface area contributed by atoms with E-state index >= 15 is 0 Å². The van der Waals surface area contributed by atoms with Gasteiger partial charge in [-0.25, -0.2) is 0 Å². The molecule has 0 saturated heterocycles. The van der Waals surface area contributed by atoms with Gasteiger partial charge in [0.1, 0.15) is 11.9 Å². The van der Waals surface area contributed by atoms with Crippen LogP contribution in [0.5, 0.6) is 5.75 Å². The van der Waals surface area contributed by atoms with Crippen molar-refractivity contribution in [1.29, 1.82) is 0 Å². The van der Waals surface area contributed by atoms with Gasteiger partial charge in [0, 0.05) is 17.8 Å². The maximum absolute atomic E-state index is 6.15. The zero-order chi connectivity index (χ0) is 13.7. The monoisotopic (exact) mass is 275 g/mol. The molecule has 1 unspecified atom stereocenters. The number of thiophene rings is 1. The Kier molecular flexibility index (Phi) is 5.00. The van der Waals surface area contributed by atoms with Crippen molar-refractivity contribution >= 4 is 11.3 Å². The van der Waals surface area contributed by atoms with Gasteiger partial charge in [0.15, 0.2) is 0 Å². The van der Waals surface area contributed by atoms with E-state index in [9.17, 15) is 0 Å². The molecule has 0 radical (unpaired) electrons. The predicted octanol–water partition coefficient (Wildman–Crippen LogP) is 4.13. The molecule has 0 fully saturated rings. The first-order valence-corrected chi connectivity index (χ1v) is 7.44. The zero-order valence-corrected chi connectivity index (χ0v) is 12.6. The highest BCUT2D eigenvalue weighted by molar-refractivity contribution is 7.10. The van der Waals surface area contributed by atoms with Crippen LogP contribution in [0, 0.1) is 6.92 Å². The molecule has 1 aromatic heterocycles. The van der Waals surface area contributed by atoms with Gasteiger partial charge < -0.3 is 9.64 Å². The molecule has 1 atom stereocenters. The minimum atomic E-state index is 0.144. The Bertz CT molecular complexity index is 476. The van der Waals surface area contributed by atoms with E-state index in [-0.39, 0.29) is 6.10 Å². The summed E-state index contributed by atoms with van der Waals surface area (Å²) in [7, 11) is 4.19. The minimum absolute atomic E-state index is 0.144. The molecule has 0 amide bonds. The van der Waals surface area contributed by atoms with Crippen molar-refractivity contribution in [3.05, 3.63) is 52.2 Å². The maximum Gasteiger partial charge on any atom is 0.134 e. The average molecular weight is 275 g/mol. The third-order valence-electron chi connectivity index (χ3n) is 3.00. The summed E-state index contributed by atoms with van der Waals surface area (Å²) < 4.78 is 6.15. The summed E-state index contributed by atoms with van der Waals surface area (Å²) in [4.78, 5) is 3.49. The summed E-state index contributed by atoms with van der Waals surface area (Å²) in [6, 6.07) is 12.5. The summed E-state index contributed by atoms with van der Waals surface area (Å²) in [6.45, 7) is 3.11. The number of benzene rings is 1. The fourth-order valence-electron chi connectivity index (χ4n) is 1.89. The Morgan fingerprint density at radius 3 is 2.47 bits per heavy atom. The zero-order valence-electron chi connectivity index (χ0n) is 11.8. The minimum Gasteiger partial charge on any atom is -0.485 e. The lowest BCUT2D eigenvalue weighted by Crippen LogP contribution is -2.18. The van der Waals surface area contributed by atoms with E-state index < -0.39 is 0 Å². The highest BCUT2D eigenvalue weighted by Crippen LogP contribution is 2.28. The second-order valence-electron chi connectivity index (χ2n) is 5.03. The third-order valence-corrected chi connectivity index (χ3v) is 3.96. The van der Waals surface area contributed by atoms with E-state index in [4.69, 9.17) is 4.74 Å². The van der Waals surface area contributed by atoms with Gasteiger partial charge in [-0.05, 0) is 44.6 Å². The van der Waals surface area contributed by atoms with Crippen LogP contribution in [0.2, 0.25) is 0 Å². The van der Waals surface area contributed by atoms with Crippen LogP contribution in [0.3, 0.4) is 0 Å². The van der Waals surface area contributed by atoms with Gasteiger partial charge in [0.25, 0.3) is 0 Å². The molecule has 1 heterocycles. The van der Waals surface area contributed by atoms with Crippen LogP contribution in [-0.2, 0) is 0 Å². The van der Waals surface area contributed by atoms with Crippen molar-refractivity contribution in [2.75, 3.05) is 20.6 Å². The van der Waals surface area contributed by atoms with Crippen molar-refractivity contribution in [2.45, 2.75) is 19.4 Å². The molecule has 1 aromatic carbocycles. The lowest BCUT2D eigenvalue weighted by atomic mass is 10.2. The molecular formula is C16H21NOS. The average Bonchev–Trinajstić information content (AvgIpc) is 2.90. The fraction of sp³-hybridized carbons (Fsp3) is 0.375. The number of rotatable bonds is 6. The van der Waals surface area contributed by atoms with Gasteiger partial charge in [-0.1, -0.05) is 23.8 Å². The van der Waals surface area contributed by atoms with Gasteiger partial charge in [-0.2, -0.15) is 0 Å². The lowest BCUT2D eigenvalue weighted by Gasteiger charge is -2.20. The number of aryl methyl sites for hydroxylation is 1. The standard InChI is InChI=1S/C16H21NOS/c1-13-6-8-14(9-7-13)18-15(10-11-17(2)3)16-5-4-12-19-16/h4-9,12,15H,10-11H2,1-3H3. The van der Waals surface area contributed by atoms with E-state index in [1.165, 1.54) is 10.4 Å². The normalized spacial score (nSPS) is 12.6. The van der Waals surface area contributed by atoms with E-state index in [1.807, 2.05) is 12.1 Å². The maximum atomic E-state index is 6.15. The van der Waals surface area contributed by atoms with E-state index in [0.29, 0.717) is 0 Å².